The highest BCUT2D eigenvalue weighted by Gasteiger charge is 2.30. The number of phosphoric acid groups is 2. The van der Waals surface area contributed by atoms with E-state index >= 15 is 0 Å². The van der Waals surface area contributed by atoms with Crippen LogP contribution in [0.5, 0.6) is 0 Å². The molecule has 0 heterocycles. The van der Waals surface area contributed by atoms with Crippen LogP contribution in [-0.2, 0) is 65.4 Å². The molecule has 0 radical (unpaired) electrons. The number of ether oxygens (including phenoxy) is 4. The quantitative estimate of drug-likeness (QED) is 0.0222. The van der Waals surface area contributed by atoms with E-state index < -0.39 is 97.5 Å². The molecule has 0 rings (SSSR count). The Morgan fingerprint density at radius 3 is 0.798 bits per heavy atom. The molecule has 17 nitrogen and oxygen atoms in total. The van der Waals surface area contributed by atoms with Gasteiger partial charge in [0.05, 0.1) is 26.4 Å². The number of aliphatic hydroxyl groups is 1. The zero-order chi connectivity index (χ0) is 65.7. The summed E-state index contributed by atoms with van der Waals surface area (Å²) < 4.78 is 68.2. The summed E-state index contributed by atoms with van der Waals surface area (Å²) in [6, 6.07) is 0. The maximum Gasteiger partial charge on any atom is 0.472 e. The lowest BCUT2D eigenvalue weighted by atomic mass is 10.00. The summed E-state index contributed by atoms with van der Waals surface area (Å²) in [4.78, 5) is 72.5. The minimum Gasteiger partial charge on any atom is -0.462 e. The third-order valence-electron chi connectivity index (χ3n) is 16.9. The van der Waals surface area contributed by atoms with Gasteiger partial charge in [-0.05, 0) is 37.5 Å². The van der Waals surface area contributed by atoms with E-state index in [4.69, 9.17) is 37.0 Å². The number of unbranched alkanes of at least 4 members (excludes halogenated alkanes) is 37. The van der Waals surface area contributed by atoms with Crippen LogP contribution >= 0.6 is 15.6 Å². The summed E-state index contributed by atoms with van der Waals surface area (Å²) in [6.45, 7) is 9.45. The number of carbonyl (C=O) groups excluding carboxylic acids is 4. The maximum absolute atomic E-state index is 13.0. The monoisotopic (exact) mass is 1310 g/mol. The van der Waals surface area contributed by atoms with Crippen molar-refractivity contribution in [3.05, 3.63) is 0 Å². The molecule has 0 aliphatic heterocycles. The average molecular weight is 1310 g/mol. The number of phosphoric ester groups is 2. The second-order valence-corrected chi connectivity index (χ2v) is 28.7. The molecule has 0 aromatic carbocycles. The van der Waals surface area contributed by atoms with E-state index in [-0.39, 0.29) is 25.7 Å². The minimum atomic E-state index is -4.95. The summed E-state index contributed by atoms with van der Waals surface area (Å²) in [5.74, 6) is -0.677. The molecule has 528 valence electrons. The second-order valence-electron chi connectivity index (χ2n) is 25.8. The highest BCUT2D eigenvalue weighted by molar-refractivity contribution is 7.47. The molecule has 89 heavy (non-hydrogen) atoms. The van der Waals surface area contributed by atoms with Gasteiger partial charge in [-0.3, -0.25) is 37.3 Å². The average Bonchev–Trinajstić information content (AvgIpc) is 3.63. The fourth-order valence-corrected chi connectivity index (χ4v) is 12.1. The van der Waals surface area contributed by atoms with Gasteiger partial charge in [-0.25, -0.2) is 9.13 Å². The maximum atomic E-state index is 13.0. The number of aliphatic hydroxyl groups excluding tert-OH is 1. The molecule has 0 bridgehead atoms. The normalized spacial score (nSPS) is 14.8. The minimum absolute atomic E-state index is 0.102. The summed E-state index contributed by atoms with van der Waals surface area (Å²) in [5, 5.41) is 10.6. The SMILES string of the molecule is CCCCCCCCCCCCCCCCCCCCC(=O)O[C@H](COC(=O)CCCCCCCCCCCCC)COP(=O)(O)OC[C@@H](O)COP(=O)(O)OC[C@@H](COC(=O)CCCCCCCCC(C)CC)OC(=O)CCCCCCCCC(C)CC. The zero-order valence-corrected chi connectivity index (χ0v) is 59.5. The van der Waals surface area contributed by atoms with Gasteiger partial charge >= 0.3 is 39.5 Å². The molecule has 0 spiro atoms. The highest BCUT2D eigenvalue weighted by atomic mass is 31.2. The first kappa shape index (κ1) is 87.1. The van der Waals surface area contributed by atoms with Gasteiger partial charge < -0.3 is 33.8 Å². The van der Waals surface area contributed by atoms with Crippen LogP contribution in [0.15, 0.2) is 0 Å². The van der Waals surface area contributed by atoms with Gasteiger partial charge in [-0.1, -0.05) is 305 Å². The Hall–Kier alpha value is -1.94. The topological polar surface area (TPSA) is 237 Å². The highest BCUT2D eigenvalue weighted by Crippen LogP contribution is 2.45. The molecule has 0 saturated carbocycles. The lowest BCUT2D eigenvalue weighted by molar-refractivity contribution is -0.161. The predicted octanol–water partition coefficient (Wildman–Crippen LogP) is 20.0. The molecule has 0 saturated heterocycles. The van der Waals surface area contributed by atoms with Crippen molar-refractivity contribution in [2.24, 2.45) is 11.8 Å². The molecular weight excluding hydrogens is 1170 g/mol. The fourth-order valence-electron chi connectivity index (χ4n) is 10.5. The molecule has 7 atom stereocenters. The smallest absolute Gasteiger partial charge is 0.462 e. The van der Waals surface area contributed by atoms with E-state index in [2.05, 4.69) is 41.5 Å². The summed E-state index contributed by atoms with van der Waals surface area (Å²) in [6.07, 6.45) is 47.3. The van der Waals surface area contributed by atoms with Crippen LogP contribution in [0, 0.1) is 11.8 Å². The number of hydrogen-bond acceptors (Lipinski definition) is 15. The van der Waals surface area contributed by atoms with Crippen LogP contribution in [0.2, 0.25) is 0 Å². The van der Waals surface area contributed by atoms with Crippen molar-refractivity contribution in [3.63, 3.8) is 0 Å². The van der Waals surface area contributed by atoms with E-state index in [1.165, 1.54) is 167 Å². The number of esters is 4. The van der Waals surface area contributed by atoms with E-state index in [0.29, 0.717) is 25.7 Å². The van der Waals surface area contributed by atoms with Crippen molar-refractivity contribution in [2.45, 2.75) is 374 Å². The zero-order valence-electron chi connectivity index (χ0n) is 57.7. The van der Waals surface area contributed by atoms with Crippen molar-refractivity contribution in [1.82, 2.24) is 0 Å². The number of hydrogen-bond donors (Lipinski definition) is 3. The predicted molar refractivity (Wildman–Crippen MR) is 358 cm³/mol. The van der Waals surface area contributed by atoms with Crippen molar-refractivity contribution >= 4 is 39.5 Å². The molecule has 19 heteroatoms. The van der Waals surface area contributed by atoms with Gasteiger partial charge in [0.2, 0.25) is 0 Å². The molecule has 0 aromatic rings. The molecule has 0 amide bonds. The Bertz CT molecular complexity index is 1740. The number of rotatable bonds is 69. The largest absolute Gasteiger partial charge is 0.472 e. The van der Waals surface area contributed by atoms with Crippen LogP contribution in [0.25, 0.3) is 0 Å². The summed E-state index contributed by atoms with van der Waals surface area (Å²) in [5.41, 5.74) is 0. The molecule has 0 aromatic heterocycles. The summed E-state index contributed by atoms with van der Waals surface area (Å²) in [7, 11) is -9.90. The Labute approximate surface area is 543 Å². The Kier molecular flexibility index (Phi) is 60.8. The first-order valence-electron chi connectivity index (χ1n) is 36.6. The van der Waals surface area contributed by atoms with Gasteiger partial charge in [-0.2, -0.15) is 0 Å². The lowest BCUT2D eigenvalue weighted by Crippen LogP contribution is -2.30. The van der Waals surface area contributed by atoms with Gasteiger partial charge in [0.1, 0.15) is 19.3 Å². The second kappa shape index (κ2) is 62.2. The molecule has 3 N–H and O–H groups in total. The van der Waals surface area contributed by atoms with E-state index in [1.54, 1.807) is 0 Å². The van der Waals surface area contributed by atoms with Crippen LogP contribution in [-0.4, -0.2) is 96.7 Å². The van der Waals surface area contributed by atoms with E-state index in [0.717, 1.165) is 108 Å². The van der Waals surface area contributed by atoms with Gasteiger partial charge in [-0.15, -0.1) is 0 Å². The van der Waals surface area contributed by atoms with Crippen molar-refractivity contribution < 1.29 is 80.2 Å². The Morgan fingerprint density at radius 2 is 0.539 bits per heavy atom. The standard InChI is InChI=1S/C70H136O17P2/c1-7-11-13-15-17-19-21-22-23-24-25-26-27-29-31-33-42-48-54-69(74)86-65(58-80-67(72)52-46-40-32-30-28-20-18-16-14-12-8-2)60-84-88(76,77)82-56-64(71)57-83-89(78,79)85-61-66(87-70(75)55-49-43-37-35-39-45-51-63(6)10-4)59-81-68(73)53-47-41-36-34-38-44-50-62(5)9-3/h62-66,71H,7-61H2,1-6H3,(H,76,77)(H,78,79)/t62?,63?,64-,65-,66-/m1/s1. The first-order valence-corrected chi connectivity index (χ1v) is 39.6. The van der Waals surface area contributed by atoms with Crippen LogP contribution < -0.4 is 0 Å². The van der Waals surface area contributed by atoms with Crippen LogP contribution in [0.3, 0.4) is 0 Å². The van der Waals surface area contributed by atoms with E-state index in [9.17, 15) is 43.2 Å². The lowest BCUT2D eigenvalue weighted by Gasteiger charge is -2.21. The Morgan fingerprint density at radius 1 is 0.315 bits per heavy atom. The van der Waals surface area contributed by atoms with Crippen LogP contribution in [0.4, 0.5) is 0 Å². The van der Waals surface area contributed by atoms with Gasteiger partial charge in [0, 0.05) is 25.7 Å². The van der Waals surface area contributed by atoms with Gasteiger partial charge in [0.25, 0.3) is 0 Å². The molecule has 0 aliphatic rings. The molecule has 0 fully saturated rings. The number of carbonyl (C=O) groups is 4. The van der Waals surface area contributed by atoms with E-state index in [1.807, 2.05) is 0 Å². The fraction of sp³-hybridized carbons (Fsp3) is 0.943. The van der Waals surface area contributed by atoms with Crippen LogP contribution in [0.1, 0.15) is 356 Å². The third-order valence-corrected chi connectivity index (χ3v) is 18.8. The Balaban J connectivity index is 5.22. The van der Waals surface area contributed by atoms with Gasteiger partial charge in [0.15, 0.2) is 12.2 Å². The third kappa shape index (κ3) is 62.0. The molecule has 0 aliphatic carbocycles. The van der Waals surface area contributed by atoms with Crippen molar-refractivity contribution in [2.75, 3.05) is 39.6 Å². The first-order chi connectivity index (χ1) is 42.9. The molecular formula is C70H136O17P2. The van der Waals surface area contributed by atoms with Crippen molar-refractivity contribution in [1.29, 1.82) is 0 Å². The van der Waals surface area contributed by atoms with Crippen molar-refractivity contribution in [3.8, 4) is 0 Å². The molecule has 4 unspecified atom stereocenters. The summed E-state index contributed by atoms with van der Waals surface area (Å²) >= 11 is 0.